The Balaban J connectivity index is 2.50. The first kappa shape index (κ1) is 14.4. The number of nitrogens with zero attached hydrogens (tertiary/aromatic N) is 1. The van der Waals surface area contributed by atoms with Gasteiger partial charge < -0.3 is 4.98 Å². The van der Waals surface area contributed by atoms with E-state index in [2.05, 4.69) is 55.7 Å². The highest BCUT2D eigenvalue weighted by Crippen LogP contribution is 2.29. The van der Waals surface area contributed by atoms with Gasteiger partial charge in [0.15, 0.2) is 0 Å². The Labute approximate surface area is 132 Å². The van der Waals surface area contributed by atoms with Crippen LogP contribution in [0.2, 0.25) is 0 Å². The molecule has 0 atom stereocenters. The number of halogens is 2. The second-order valence-electron chi connectivity index (χ2n) is 4.41. The molecule has 0 aromatic carbocycles. The number of H-pyrrole nitrogens is 1. The molecule has 0 radical (unpaired) electrons. The Morgan fingerprint density at radius 1 is 1.44 bits per heavy atom. The van der Waals surface area contributed by atoms with Crippen LogP contribution in [0.15, 0.2) is 20.4 Å². The van der Waals surface area contributed by atoms with Gasteiger partial charge in [-0.25, -0.2) is 4.98 Å². The lowest BCUT2D eigenvalue weighted by atomic mass is 10.1. The van der Waals surface area contributed by atoms with Crippen molar-refractivity contribution >= 4 is 55.4 Å². The summed E-state index contributed by atoms with van der Waals surface area (Å²) in [5.41, 5.74) is 1.12. The Bertz CT molecular complexity index is 617. The first-order valence-corrected chi connectivity index (χ1v) is 8.38. The summed E-state index contributed by atoms with van der Waals surface area (Å²) >= 11 is 13.9. The smallest absolute Gasteiger partial charge is 0.149 e. The van der Waals surface area contributed by atoms with Crippen molar-refractivity contribution < 1.29 is 0 Å². The summed E-state index contributed by atoms with van der Waals surface area (Å²) in [4.78, 5) is 8.89. The normalized spacial score (nSPS) is 11.2. The van der Waals surface area contributed by atoms with Crippen LogP contribution in [-0.4, -0.2) is 9.97 Å². The van der Waals surface area contributed by atoms with Gasteiger partial charge in [-0.3, -0.25) is 0 Å². The second kappa shape index (κ2) is 5.94. The summed E-state index contributed by atoms with van der Waals surface area (Å²) < 4.78 is 2.59. The van der Waals surface area contributed by atoms with Crippen molar-refractivity contribution in [3.63, 3.8) is 0 Å². The van der Waals surface area contributed by atoms with Gasteiger partial charge in [-0.15, -0.1) is 11.3 Å². The van der Waals surface area contributed by atoms with Crippen LogP contribution < -0.4 is 0 Å². The number of nitrogens with one attached hydrogen (secondary N) is 1. The topological polar surface area (TPSA) is 28.7 Å². The van der Waals surface area contributed by atoms with Crippen LogP contribution in [0.4, 0.5) is 0 Å². The minimum Gasteiger partial charge on any atom is -0.341 e. The summed E-state index contributed by atoms with van der Waals surface area (Å²) in [7, 11) is 0. The largest absolute Gasteiger partial charge is 0.341 e. The first-order valence-electron chi connectivity index (χ1n) is 5.50. The van der Waals surface area contributed by atoms with Crippen molar-refractivity contribution in [1.29, 1.82) is 0 Å². The van der Waals surface area contributed by atoms with Crippen LogP contribution in [0.5, 0.6) is 0 Å². The van der Waals surface area contributed by atoms with E-state index < -0.39 is 0 Å². The number of aromatic amines is 1. The van der Waals surface area contributed by atoms with E-state index in [0.717, 1.165) is 31.8 Å². The molecule has 0 spiro atoms. The summed E-state index contributed by atoms with van der Waals surface area (Å²) in [6, 6.07) is 2.05. The van der Waals surface area contributed by atoms with Gasteiger partial charge in [0.2, 0.25) is 0 Å². The molecule has 96 valence electrons. The SMILES string of the molecule is CC(C)Cc1[nH]c(-c2cc(Br)cs2)nc(=S)c1Br. The Kier molecular flexibility index (Phi) is 4.75. The monoisotopic (exact) mass is 406 g/mol. The summed E-state index contributed by atoms with van der Waals surface area (Å²) in [5.74, 6) is 1.41. The van der Waals surface area contributed by atoms with E-state index in [4.69, 9.17) is 12.2 Å². The lowest BCUT2D eigenvalue weighted by Gasteiger charge is -2.09. The van der Waals surface area contributed by atoms with E-state index in [9.17, 15) is 0 Å². The van der Waals surface area contributed by atoms with E-state index in [-0.39, 0.29) is 0 Å². The third-order valence-corrected chi connectivity index (χ3v) is 5.46. The zero-order chi connectivity index (χ0) is 13.3. The third kappa shape index (κ3) is 3.29. The second-order valence-corrected chi connectivity index (χ2v) is 7.42. The molecule has 0 amide bonds. The molecule has 0 aliphatic heterocycles. The van der Waals surface area contributed by atoms with Crippen LogP contribution in [-0.2, 0) is 6.42 Å². The van der Waals surface area contributed by atoms with Gasteiger partial charge in [-0.1, -0.05) is 26.1 Å². The van der Waals surface area contributed by atoms with Gasteiger partial charge in [-0.05, 0) is 50.3 Å². The maximum Gasteiger partial charge on any atom is 0.149 e. The van der Waals surface area contributed by atoms with Crippen LogP contribution in [0, 0.1) is 10.6 Å². The fraction of sp³-hybridized carbons (Fsp3) is 0.333. The van der Waals surface area contributed by atoms with Crippen LogP contribution in [0.25, 0.3) is 10.7 Å². The maximum atomic E-state index is 5.30. The van der Waals surface area contributed by atoms with Crippen molar-refractivity contribution in [2.45, 2.75) is 20.3 Å². The molecule has 0 aliphatic carbocycles. The predicted molar refractivity (Wildman–Crippen MR) is 86.7 cm³/mol. The average molecular weight is 408 g/mol. The van der Waals surface area contributed by atoms with Gasteiger partial charge in [0, 0.05) is 15.5 Å². The number of aromatic nitrogens is 2. The minimum atomic E-state index is 0.567. The fourth-order valence-electron chi connectivity index (χ4n) is 1.61. The molecular formula is C12H12Br2N2S2. The number of hydrogen-bond acceptors (Lipinski definition) is 3. The van der Waals surface area contributed by atoms with Gasteiger partial charge in [0.25, 0.3) is 0 Å². The standard InChI is InChI=1S/C12H12Br2N2S2/c1-6(2)3-8-10(14)12(17)16-11(15-8)9-4-7(13)5-18-9/h4-6H,3H2,1-2H3,(H,15,16,17). The van der Waals surface area contributed by atoms with E-state index in [0.29, 0.717) is 10.6 Å². The molecule has 0 bridgehead atoms. The molecule has 2 heterocycles. The number of hydrogen-bond donors (Lipinski definition) is 1. The average Bonchev–Trinajstić information content (AvgIpc) is 2.70. The maximum absolute atomic E-state index is 5.30. The molecule has 0 aliphatic rings. The summed E-state index contributed by atoms with van der Waals surface area (Å²) in [5, 5.41) is 2.04. The third-order valence-electron chi connectivity index (χ3n) is 2.35. The van der Waals surface area contributed by atoms with Crippen molar-refractivity contribution in [3.05, 3.63) is 30.7 Å². The quantitative estimate of drug-likeness (QED) is 0.671. The molecule has 0 saturated carbocycles. The van der Waals surface area contributed by atoms with Gasteiger partial charge in [-0.2, -0.15) is 0 Å². The van der Waals surface area contributed by atoms with Crippen molar-refractivity contribution in [3.8, 4) is 10.7 Å². The molecule has 0 fully saturated rings. The zero-order valence-corrected chi connectivity index (χ0v) is 14.8. The Morgan fingerprint density at radius 2 is 2.17 bits per heavy atom. The Hall–Kier alpha value is -0.0400. The molecule has 2 aromatic rings. The highest BCUT2D eigenvalue weighted by atomic mass is 79.9. The van der Waals surface area contributed by atoms with Crippen molar-refractivity contribution in [2.75, 3.05) is 0 Å². The summed E-state index contributed by atoms with van der Waals surface area (Å²) in [6.07, 6.45) is 0.951. The molecule has 2 aromatic heterocycles. The highest BCUT2D eigenvalue weighted by Gasteiger charge is 2.10. The predicted octanol–water partition coefficient (Wildman–Crippen LogP) is 5.59. The van der Waals surface area contributed by atoms with Crippen LogP contribution >= 0.6 is 55.4 Å². The minimum absolute atomic E-state index is 0.567. The molecular weight excluding hydrogens is 396 g/mol. The van der Waals surface area contributed by atoms with Gasteiger partial charge in [0.05, 0.1) is 9.35 Å². The zero-order valence-electron chi connectivity index (χ0n) is 9.96. The van der Waals surface area contributed by atoms with E-state index >= 15 is 0 Å². The number of rotatable bonds is 3. The lowest BCUT2D eigenvalue weighted by Crippen LogP contribution is -2.02. The molecule has 0 unspecified atom stereocenters. The molecule has 0 saturated heterocycles. The molecule has 2 rings (SSSR count). The van der Waals surface area contributed by atoms with Crippen LogP contribution in [0.3, 0.4) is 0 Å². The van der Waals surface area contributed by atoms with E-state index in [1.54, 1.807) is 11.3 Å². The van der Waals surface area contributed by atoms with Gasteiger partial charge >= 0.3 is 0 Å². The fourth-order valence-corrected chi connectivity index (χ4v) is 3.54. The highest BCUT2D eigenvalue weighted by molar-refractivity contribution is 9.10. The van der Waals surface area contributed by atoms with Crippen molar-refractivity contribution in [2.24, 2.45) is 5.92 Å². The first-order chi connectivity index (χ1) is 8.47. The Morgan fingerprint density at radius 3 is 2.72 bits per heavy atom. The van der Waals surface area contributed by atoms with E-state index in [1.165, 1.54) is 0 Å². The van der Waals surface area contributed by atoms with Crippen molar-refractivity contribution in [1.82, 2.24) is 9.97 Å². The van der Waals surface area contributed by atoms with Crippen LogP contribution in [0.1, 0.15) is 19.5 Å². The lowest BCUT2D eigenvalue weighted by molar-refractivity contribution is 0.632. The molecule has 2 nitrogen and oxygen atoms in total. The molecule has 6 heteroatoms. The summed E-state index contributed by atoms with van der Waals surface area (Å²) in [6.45, 7) is 4.37. The molecule has 18 heavy (non-hydrogen) atoms. The van der Waals surface area contributed by atoms with Gasteiger partial charge in [0.1, 0.15) is 10.5 Å². The molecule has 1 N–H and O–H groups in total. The number of thiophene rings is 1. The van der Waals surface area contributed by atoms with E-state index in [1.807, 2.05) is 11.4 Å².